The molecule has 0 aliphatic carbocycles. The average Bonchev–Trinajstić information content (AvgIpc) is 2.32. The number of hydrogen-bond acceptors (Lipinski definition) is 1. The van der Waals surface area contributed by atoms with Crippen LogP contribution in [0.2, 0.25) is 0 Å². The molecule has 0 bridgehead atoms. The molecule has 1 heteroatoms. The van der Waals surface area contributed by atoms with Crippen LogP contribution in [-0.2, 0) is 6.54 Å². The predicted molar refractivity (Wildman–Crippen MR) is 74.1 cm³/mol. The number of likely N-dealkylation sites (tertiary alicyclic amines) is 1. The Bertz CT molecular complexity index is 396. The fourth-order valence-electron chi connectivity index (χ4n) is 2.44. The molecule has 0 spiro atoms. The average molecular weight is 229 g/mol. The van der Waals surface area contributed by atoms with Crippen molar-refractivity contribution < 1.29 is 0 Å². The van der Waals surface area contributed by atoms with Crippen molar-refractivity contribution in [3.63, 3.8) is 0 Å². The lowest BCUT2D eigenvalue weighted by molar-refractivity contribution is 0.256. The highest BCUT2D eigenvalue weighted by atomic mass is 15.1. The molecule has 0 N–H and O–H groups in total. The van der Waals surface area contributed by atoms with Crippen molar-refractivity contribution in [2.45, 2.75) is 40.2 Å². The molecule has 1 heterocycles. The molecule has 1 nitrogen and oxygen atoms in total. The molecule has 0 aromatic heterocycles. The second-order valence-corrected chi connectivity index (χ2v) is 5.40. The Balaban J connectivity index is 1.99. The van der Waals surface area contributed by atoms with E-state index in [9.17, 15) is 0 Å². The van der Waals surface area contributed by atoms with E-state index < -0.39 is 0 Å². The summed E-state index contributed by atoms with van der Waals surface area (Å²) in [5, 5.41) is 0. The van der Waals surface area contributed by atoms with Gasteiger partial charge in [-0.3, -0.25) is 4.90 Å². The van der Waals surface area contributed by atoms with Gasteiger partial charge in [0, 0.05) is 13.1 Å². The standard InChI is InChI=1S/C16H23N/c1-13(2)16-5-4-10-17(12-16)11-15-8-6-14(3)7-9-15/h6-9H,4-5,10-12H2,1-3H3. The molecule has 0 saturated carbocycles. The fraction of sp³-hybridized carbons (Fsp3) is 0.500. The van der Waals surface area contributed by atoms with Gasteiger partial charge in [0.25, 0.3) is 0 Å². The van der Waals surface area contributed by atoms with Crippen LogP contribution < -0.4 is 0 Å². The second kappa shape index (κ2) is 5.50. The number of nitrogens with zero attached hydrogens (tertiary/aromatic N) is 1. The normalized spacial score (nSPS) is 17.2. The molecule has 1 saturated heterocycles. The molecule has 1 aromatic rings. The molecule has 1 fully saturated rings. The van der Waals surface area contributed by atoms with Crippen LogP contribution >= 0.6 is 0 Å². The largest absolute Gasteiger partial charge is 0.295 e. The maximum atomic E-state index is 2.57. The maximum absolute atomic E-state index is 2.57. The van der Waals surface area contributed by atoms with E-state index in [0.29, 0.717) is 0 Å². The topological polar surface area (TPSA) is 3.24 Å². The van der Waals surface area contributed by atoms with Gasteiger partial charge in [0.05, 0.1) is 0 Å². The summed E-state index contributed by atoms with van der Waals surface area (Å²) in [4.78, 5) is 2.57. The van der Waals surface area contributed by atoms with Crippen molar-refractivity contribution in [1.29, 1.82) is 0 Å². The Morgan fingerprint density at radius 3 is 2.53 bits per heavy atom. The van der Waals surface area contributed by atoms with Crippen LogP contribution in [0.25, 0.3) is 0 Å². The first kappa shape index (κ1) is 12.4. The summed E-state index contributed by atoms with van der Waals surface area (Å²) < 4.78 is 0. The Labute approximate surface area is 105 Å². The lowest BCUT2D eigenvalue weighted by atomic mass is 10.00. The summed E-state index contributed by atoms with van der Waals surface area (Å²) in [6.07, 6.45) is 2.61. The summed E-state index contributed by atoms with van der Waals surface area (Å²) >= 11 is 0. The lowest BCUT2D eigenvalue weighted by Gasteiger charge is -2.29. The monoisotopic (exact) mass is 229 g/mol. The Morgan fingerprint density at radius 1 is 1.18 bits per heavy atom. The number of hydrogen-bond donors (Lipinski definition) is 0. The van der Waals surface area contributed by atoms with Crippen LogP contribution in [0.5, 0.6) is 0 Å². The van der Waals surface area contributed by atoms with E-state index in [2.05, 4.69) is 49.9 Å². The van der Waals surface area contributed by atoms with Gasteiger partial charge in [0.2, 0.25) is 0 Å². The number of benzene rings is 1. The quantitative estimate of drug-likeness (QED) is 0.695. The minimum absolute atomic E-state index is 1.09. The van der Waals surface area contributed by atoms with E-state index in [1.165, 1.54) is 36.1 Å². The zero-order valence-electron chi connectivity index (χ0n) is 11.3. The van der Waals surface area contributed by atoms with Crippen molar-refractivity contribution in [2.75, 3.05) is 13.1 Å². The first-order valence-electron chi connectivity index (χ1n) is 6.58. The minimum atomic E-state index is 1.09. The van der Waals surface area contributed by atoms with Crippen LogP contribution in [0, 0.1) is 6.92 Å². The van der Waals surface area contributed by atoms with Crippen LogP contribution in [0.1, 0.15) is 37.8 Å². The van der Waals surface area contributed by atoms with Gasteiger partial charge in [-0.25, -0.2) is 0 Å². The van der Waals surface area contributed by atoms with Gasteiger partial charge >= 0.3 is 0 Å². The van der Waals surface area contributed by atoms with Gasteiger partial charge in [-0.2, -0.15) is 0 Å². The number of allylic oxidation sites excluding steroid dienone is 1. The minimum Gasteiger partial charge on any atom is -0.295 e. The summed E-state index contributed by atoms with van der Waals surface area (Å²) in [6, 6.07) is 8.93. The third kappa shape index (κ3) is 3.44. The van der Waals surface area contributed by atoms with Gasteiger partial charge in [-0.05, 0) is 45.7 Å². The summed E-state index contributed by atoms with van der Waals surface area (Å²) in [5.41, 5.74) is 5.94. The molecular weight excluding hydrogens is 206 g/mol. The molecular formula is C16H23N. The third-order valence-corrected chi connectivity index (χ3v) is 3.60. The van der Waals surface area contributed by atoms with E-state index >= 15 is 0 Å². The maximum Gasteiger partial charge on any atom is 0.0237 e. The van der Waals surface area contributed by atoms with E-state index in [1.807, 2.05) is 0 Å². The second-order valence-electron chi connectivity index (χ2n) is 5.40. The number of rotatable bonds is 2. The van der Waals surface area contributed by atoms with Crippen molar-refractivity contribution >= 4 is 0 Å². The zero-order chi connectivity index (χ0) is 12.3. The highest BCUT2D eigenvalue weighted by Gasteiger charge is 2.14. The summed E-state index contributed by atoms with van der Waals surface area (Å²) in [6.45, 7) is 10.1. The molecule has 0 atom stereocenters. The predicted octanol–water partition coefficient (Wildman–Crippen LogP) is 3.93. The van der Waals surface area contributed by atoms with Crippen LogP contribution in [-0.4, -0.2) is 18.0 Å². The van der Waals surface area contributed by atoms with Crippen molar-refractivity contribution in [1.82, 2.24) is 4.90 Å². The van der Waals surface area contributed by atoms with Crippen molar-refractivity contribution in [3.05, 3.63) is 46.5 Å². The van der Waals surface area contributed by atoms with E-state index in [0.717, 1.165) is 13.1 Å². The zero-order valence-corrected chi connectivity index (χ0v) is 11.3. The fourth-order valence-corrected chi connectivity index (χ4v) is 2.44. The van der Waals surface area contributed by atoms with Crippen molar-refractivity contribution in [3.8, 4) is 0 Å². The number of aryl methyl sites for hydroxylation is 1. The first-order chi connectivity index (χ1) is 8.15. The Hall–Kier alpha value is -1.08. The molecule has 1 aromatic carbocycles. The van der Waals surface area contributed by atoms with E-state index in [-0.39, 0.29) is 0 Å². The number of piperidine rings is 1. The molecule has 92 valence electrons. The van der Waals surface area contributed by atoms with Gasteiger partial charge in [0.1, 0.15) is 0 Å². The van der Waals surface area contributed by atoms with Gasteiger partial charge in [0.15, 0.2) is 0 Å². The first-order valence-corrected chi connectivity index (χ1v) is 6.58. The Morgan fingerprint density at radius 2 is 1.88 bits per heavy atom. The van der Waals surface area contributed by atoms with E-state index in [1.54, 1.807) is 5.57 Å². The lowest BCUT2D eigenvalue weighted by Crippen LogP contribution is -2.31. The highest BCUT2D eigenvalue weighted by molar-refractivity contribution is 5.22. The Kier molecular flexibility index (Phi) is 4.01. The molecule has 2 rings (SSSR count). The van der Waals surface area contributed by atoms with Gasteiger partial charge < -0.3 is 0 Å². The van der Waals surface area contributed by atoms with Crippen LogP contribution in [0.3, 0.4) is 0 Å². The SMILES string of the molecule is CC(C)=C1CCCN(Cc2ccc(C)cc2)C1. The third-order valence-electron chi connectivity index (χ3n) is 3.60. The highest BCUT2D eigenvalue weighted by Crippen LogP contribution is 2.20. The smallest absolute Gasteiger partial charge is 0.0237 e. The van der Waals surface area contributed by atoms with E-state index in [4.69, 9.17) is 0 Å². The molecule has 0 unspecified atom stereocenters. The molecule has 0 amide bonds. The van der Waals surface area contributed by atoms with Crippen LogP contribution in [0.15, 0.2) is 35.4 Å². The van der Waals surface area contributed by atoms with Gasteiger partial charge in [-0.15, -0.1) is 0 Å². The van der Waals surface area contributed by atoms with Crippen LogP contribution in [0.4, 0.5) is 0 Å². The molecule has 17 heavy (non-hydrogen) atoms. The molecule has 1 aliphatic rings. The summed E-state index contributed by atoms with van der Waals surface area (Å²) in [7, 11) is 0. The van der Waals surface area contributed by atoms with Crippen molar-refractivity contribution in [2.24, 2.45) is 0 Å². The summed E-state index contributed by atoms with van der Waals surface area (Å²) in [5.74, 6) is 0. The molecule has 0 radical (unpaired) electrons. The molecule has 1 aliphatic heterocycles. The van der Waals surface area contributed by atoms with Gasteiger partial charge in [-0.1, -0.05) is 41.0 Å².